The summed E-state index contributed by atoms with van der Waals surface area (Å²) in [6.45, 7) is 6.98. The Morgan fingerprint density at radius 2 is 1.71 bits per heavy atom. The molecule has 0 unspecified atom stereocenters. The fraction of sp³-hybridized carbons (Fsp3) is 0.545. The average molecular weight is 389 g/mol. The first-order valence-electron chi connectivity index (χ1n) is 9.93. The Kier molecular flexibility index (Phi) is 8.36. The first-order valence-corrected chi connectivity index (χ1v) is 9.93. The quantitative estimate of drug-likeness (QED) is 0.524. The molecule has 154 valence electrons. The van der Waals surface area contributed by atoms with Crippen LogP contribution in [0.4, 0.5) is 0 Å². The summed E-state index contributed by atoms with van der Waals surface area (Å²) in [7, 11) is 1.57. The van der Waals surface area contributed by atoms with E-state index in [2.05, 4.69) is 0 Å². The topological polar surface area (TPSA) is 65.1 Å². The molecule has 0 saturated carbocycles. The summed E-state index contributed by atoms with van der Waals surface area (Å²) in [5.41, 5.74) is 0.774. The third-order valence-electron chi connectivity index (χ3n) is 4.52. The zero-order chi connectivity index (χ0) is 20.5. The molecule has 1 saturated heterocycles. The van der Waals surface area contributed by atoms with Crippen molar-refractivity contribution in [1.29, 1.82) is 0 Å². The number of methoxy groups -OCH3 is 1. The second kappa shape index (κ2) is 10.7. The maximum atomic E-state index is 12.5. The molecule has 1 amide bonds. The van der Waals surface area contributed by atoms with Gasteiger partial charge >= 0.3 is 5.97 Å². The van der Waals surface area contributed by atoms with Gasteiger partial charge in [0.1, 0.15) is 0 Å². The van der Waals surface area contributed by atoms with Crippen LogP contribution in [-0.4, -0.2) is 49.2 Å². The third-order valence-corrected chi connectivity index (χ3v) is 4.52. The zero-order valence-electron chi connectivity index (χ0n) is 17.3. The molecule has 6 nitrogen and oxygen atoms in total. The van der Waals surface area contributed by atoms with E-state index in [1.807, 2.05) is 19.9 Å². The number of esters is 1. The molecule has 0 N–H and O–H groups in total. The number of likely N-dealkylation sites (tertiary alicyclic amines) is 1. The van der Waals surface area contributed by atoms with Gasteiger partial charge in [-0.3, -0.25) is 4.79 Å². The van der Waals surface area contributed by atoms with Crippen LogP contribution in [-0.2, 0) is 14.3 Å². The molecular formula is C22H31NO5. The van der Waals surface area contributed by atoms with Gasteiger partial charge < -0.3 is 19.1 Å². The Hall–Kier alpha value is -2.50. The highest BCUT2D eigenvalue weighted by atomic mass is 16.5. The standard InChI is InChI=1S/C22H31NO5/c1-16(2)27-19-11-9-18(15-20(19)26-4)10-12-21(24)28-17(3)22(25)23-13-7-5-6-8-14-23/h9-12,15-17H,5-8,13-14H2,1-4H3/b12-10+/t17-/m1/s1. The van der Waals surface area contributed by atoms with Crippen molar-refractivity contribution in [2.75, 3.05) is 20.2 Å². The molecular weight excluding hydrogens is 358 g/mol. The molecule has 1 aliphatic heterocycles. The van der Waals surface area contributed by atoms with E-state index >= 15 is 0 Å². The van der Waals surface area contributed by atoms with Crippen molar-refractivity contribution in [1.82, 2.24) is 4.90 Å². The molecule has 0 bridgehead atoms. The minimum absolute atomic E-state index is 0.0356. The highest BCUT2D eigenvalue weighted by Crippen LogP contribution is 2.29. The Morgan fingerprint density at radius 1 is 1.04 bits per heavy atom. The van der Waals surface area contributed by atoms with Crippen LogP contribution in [0.15, 0.2) is 24.3 Å². The Labute approximate surface area is 167 Å². The maximum absolute atomic E-state index is 12.5. The van der Waals surface area contributed by atoms with Crippen LogP contribution in [0.1, 0.15) is 52.0 Å². The van der Waals surface area contributed by atoms with Gasteiger partial charge in [0.25, 0.3) is 5.91 Å². The van der Waals surface area contributed by atoms with Crippen molar-refractivity contribution in [3.63, 3.8) is 0 Å². The van der Waals surface area contributed by atoms with Crippen molar-refractivity contribution >= 4 is 18.0 Å². The molecule has 1 aromatic rings. The molecule has 1 aliphatic rings. The minimum atomic E-state index is -0.786. The molecule has 1 atom stereocenters. The molecule has 1 fully saturated rings. The maximum Gasteiger partial charge on any atom is 0.331 e. The highest BCUT2D eigenvalue weighted by molar-refractivity contribution is 5.90. The van der Waals surface area contributed by atoms with Gasteiger partial charge in [0.2, 0.25) is 0 Å². The number of amides is 1. The summed E-state index contributed by atoms with van der Waals surface area (Å²) in [5.74, 6) is 0.570. The number of carbonyl (C=O) groups is 2. The largest absolute Gasteiger partial charge is 0.493 e. The molecule has 2 rings (SSSR count). The Bertz CT molecular complexity index is 690. The van der Waals surface area contributed by atoms with Crippen LogP contribution in [0.3, 0.4) is 0 Å². The van der Waals surface area contributed by atoms with Crippen molar-refractivity contribution in [2.24, 2.45) is 0 Å². The van der Waals surface area contributed by atoms with E-state index in [0.29, 0.717) is 11.5 Å². The monoisotopic (exact) mass is 389 g/mol. The normalized spacial score (nSPS) is 16.0. The molecule has 28 heavy (non-hydrogen) atoms. The summed E-state index contributed by atoms with van der Waals surface area (Å²) in [4.78, 5) is 26.4. The fourth-order valence-electron chi connectivity index (χ4n) is 3.12. The van der Waals surface area contributed by atoms with E-state index in [1.54, 1.807) is 37.1 Å². The molecule has 0 radical (unpaired) electrons. The average Bonchev–Trinajstić information content (AvgIpc) is 2.95. The highest BCUT2D eigenvalue weighted by Gasteiger charge is 2.23. The lowest BCUT2D eigenvalue weighted by Crippen LogP contribution is -2.40. The number of hydrogen-bond acceptors (Lipinski definition) is 5. The summed E-state index contributed by atoms with van der Waals surface area (Å²) in [6.07, 6.45) is 6.50. The van der Waals surface area contributed by atoms with Gasteiger partial charge in [-0.05, 0) is 57.4 Å². The number of benzene rings is 1. The van der Waals surface area contributed by atoms with E-state index < -0.39 is 12.1 Å². The predicted molar refractivity (Wildman–Crippen MR) is 108 cm³/mol. The lowest BCUT2D eigenvalue weighted by atomic mass is 10.2. The Balaban J connectivity index is 1.94. The predicted octanol–water partition coefficient (Wildman–Crippen LogP) is 3.83. The van der Waals surface area contributed by atoms with Crippen molar-refractivity contribution in [3.8, 4) is 11.5 Å². The first-order chi connectivity index (χ1) is 13.4. The first kappa shape index (κ1) is 21.8. The van der Waals surface area contributed by atoms with Gasteiger partial charge in [-0.25, -0.2) is 4.79 Å². The van der Waals surface area contributed by atoms with Crippen molar-refractivity contribution in [3.05, 3.63) is 29.8 Å². The van der Waals surface area contributed by atoms with Crippen LogP contribution in [0.2, 0.25) is 0 Å². The van der Waals surface area contributed by atoms with Crippen LogP contribution in [0.5, 0.6) is 11.5 Å². The Morgan fingerprint density at radius 3 is 2.32 bits per heavy atom. The summed E-state index contributed by atoms with van der Waals surface area (Å²) >= 11 is 0. The molecule has 0 aliphatic carbocycles. The molecule has 1 heterocycles. The van der Waals surface area contributed by atoms with Crippen LogP contribution >= 0.6 is 0 Å². The van der Waals surface area contributed by atoms with Crippen LogP contribution in [0.25, 0.3) is 6.08 Å². The number of nitrogens with zero attached hydrogens (tertiary/aromatic N) is 1. The smallest absolute Gasteiger partial charge is 0.331 e. The van der Waals surface area contributed by atoms with Gasteiger partial charge in [0, 0.05) is 19.2 Å². The number of hydrogen-bond donors (Lipinski definition) is 0. The van der Waals surface area contributed by atoms with E-state index in [0.717, 1.165) is 44.3 Å². The zero-order valence-corrected chi connectivity index (χ0v) is 17.3. The van der Waals surface area contributed by atoms with Crippen molar-refractivity contribution in [2.45, 2.75) is 58.7 Å². The SMILES string of the molecule is COc1cc(/C=C/C(=O)O[C@H](C)C(=O)N2CCCCCC2)ccc1OC(C)C. The van der Waals surface area contributed by atoms with Gasteiger partial charge in [0.05, 0.1) is 13.2 Å². The van der Waals surface area contributed by atoms with Crippen molar-refractivity contribution < 1.29 is 23.8 Å². The fourth-order valence-corrected chi connectivity index (χ4v) is 3.12. The molecule has 6 heteroatoms. The van der Waals surface area contributed by atoms with Gasteiger partial charge in [-0.15, -0.1) is 0 Å². The lowest BCUT2D eigenvalue weighted by Gasteiger charge is -2.23. The van der Waals surface area contributed by atoms with Gasteiger partial charge in [-0.2, -0.15) is 0 Å². The second-order valence-corrected chi connectivity index (χ2v) is 7.23. The number of rotatable bonds is 7. The minimum Gasteiger partial charge on any atom is -0.493 e. The number of carbonyl (C=O) groups excluding carboxylic acids is 2. The molecule has 0 aromatic heterocycles. The molecule has 1 aromatic carbocycles. The van der Waals surface area contributed by atoms with Crippen LogP contribution < -0.4 is 9.47 Å². The lowest BCUT2D eigenvalue weighted by molar-refractivity contribution is -0.155. The summed E-state index contributed by atoms with van der Waals surface area (Å²) in [5, 5.41) is 0. The summed E-state index contributed by atoms with van der Waals surface area (Å²) in [6, 6.07) is 5.42. The number of ether oxygens (including phenoxy) is 3. The van der Waals surface area contributed by atoms with Crippen LogP contribution in [0, 0.1) is 0 Å². The van der Waals surface area contributed by atoms with E-state index in [4.69, 9.17) is 14.2 Å². The van der Waals surface area contributed by atoms with E-state index in [-0.39, 0.29) is 12.0 Å². The summed E-state index contributed by atoms with van der Waals surface area (Å²) < 4.78 is 16.3. The second-order valence-electron chi connectivity index (χ2n) is 7.23. The van der Waals surface area contributed by atoms with E-state index in [1.165, 1.54) is 6.08 Å². The molecule has 0 spiro atoms. The van der Waals surface area contributed by atoms with Gasteiger partial charge in [0.15, 0.2) is 17.6 Å². The van der Waals surface area contributed by atoms with Gasteiger partial charge in [-0.1, -0.05) is 18.9 Å². The third kappa shape index (κ3) is 6.59. The van der Waals surface area contributed by atoms with E-state index in [9.17, 15) is 9.59 Å².